The average Bonchev–Trinajstić information content (AvgIpc) is 2.35. The van der Waals surface area contributed by atoms with Crippen molar-refractivity contribution in [1.29, 1.82) is 0 Å². The lowest BCUT2D eigenvalue weighted by atomic mass is 10.1. The van der Waals surface area contributed by atoms with Gasteiger partial charge in [0.1, 0.15) is 0 Å². The van der Waals surface area contributed by atoms with Gasteiger partial charge in [0.2, 0.25) is 5.69 Å². The second-order valence-corrected chi connectivity index (χ2v) is 4.73. The summed E-state index contributed by atoms with van der Waals surface area (Å²) in [6.07, 6.45) is 1.55. The molecule has 0 bridgehead atoms. The van der Waals surface area contributed by atoms with E-state index in [9.17, 15) is 5.21 Å². The van der Waals surface area contributed by atoms with E-state index in [2.05, 4.69) is 0 Å². The molecular formula is C15H14ClNO. The van der Waals surface area contributed by atoms with E-state index in [0.29, 0.717) is 10.7 Å². The van der Waals surface area contributed by atoms with E-state index in [1.807, 2.05) is 44.2 Å². The third-order valence-electron chi connectivity index (χ3n) is 2.74. The first kappa shape index (κ1) is 12.7. The van der Waals surface area contributed by atoms with Gasteiger partial charge in [-0.15, -0.1) is 0 Å². The van der Waals surface area contributed by atoms with Gasteiger partial charge < -0.3 is 5.21 Å². The smallest absolute Gasteiger partial charge is 0.219 e. The number of rotatable bonds is 2. The molecule has 0 N–H and O–H groups in total. The first-order valence-corrected chi connectivity index (χ1v) is 6.08. The highest BCUT2D eigenvalue weighted by molar-refractivity contribution is 6.30. The van der Waals surface area contributed by atoms with Crippen molar-refractivity contribution in [3.8, 4) is 0 Å². The SMILES string of the molecule is Cc1ccc(C)c([N+]([O-])=Cc2ccc(Cl)cc2)c1. The molecule has 0 aliphatic rings. The number of aryl methyl sites for hydroxylation is 2. The zero-order valence-electron chi connectivity index (χ0n) is 10.4. The van der Waals surface area contributed by atoms with E-state index in [1.54, 1.807) is 18.3 Å². The van der Waals surface area contributed by atoms with Gasteiger partial charge in [0, 0.05) is 22.2 Å². The summed E-state index contributed by atoms with van der Waals surface area (Å²) in [5.41, 5.74) is 3.53. The Bertz CT molecular complexity index is 588. The Morgan fingerprint density at radius 1 is 1.06 bits per heavy atom. The fraction of sp³-hybridized carbons (Fsp3) is 0.133. The van der Waals surface area contributed by atoms with Crippen LogP contribution in [0.2, 0.25) is 5.02 Å². The molecule has 0 aliphatic heterocycles. The molecule has 0 atom stereocenters. The van der Waals surface area contributed by atoms with Crippen molar-refractivity contribution in [3.63, 3.8) is 0 Å². The zero-order valence-corrected chi connectivity index (χ0v) is 11.1. The van der Waals surface area contributed by atoms with Crippen molar-refractivity contribution in [2.45, 2.75) is 13.8 Å². The van der Waals surface area contributed by atoms with Crippen LogP contribution in [-0.4, -0.2) is 11.0 Å². The molecule has 0 radical (unpaired) electrons. The van der Waals surface area contributed by atoms with Crippen molar-refractivity contribution in [1.82, 2.24) is 0 Å². The van der Waals surface area contributed by atoms with Crippen molar-refractivity contribution in [2.24, 2.45) is 0 Å². The first-order valence-electron chi connectivity index (χ1n) is 5.70. The van der Waals surface area contributed by atoms with Crippen LogP contribution in [0.5, 0.6) is 0 Å². The molecule has 0 spiro atoms. The fourth-order valence-corrected chi connectivity index (χ4v) is 1.84. The van der Waals surface area contributed by atoms with Crippen LogP contribution in [0.15, 0.2) is 42.5 Å². The van der Waals surface area contributed by atoms with Crippen molar-refractivity contribution >= 4 is 23.5 Å². The largest absolute Gasteiger partial charge is 0.618 e. The number of halogens is 1. The van der Waals surface area contributed by atoms with Gasteiger partial charge in [0.15, 0.2) is 6.21 Å². The van der Waals surface area contributed by atoms with Crippen LogP contribution in [0.25, 0.3) is 0 Å². The van der Waals surface area contributed by atoms with Crippen LogP contribution in [0, 0.1) is 19.1 Å². The lowest BCUT2D eigenvalue weighted by Crippen LogP contribution is -2.00. The maximum atomic E-state index is 12.1. The minimum atomic E-state index is 0.663. The Morgan fingerprint density at radius 3 is 2.39 bits per heavy atom. The third-order valence-corrected chi connectivity index (χ3v) is 2.99. The summed E-state index contributed by atoms with van der Waals surface area (Å²) in [6, 6.07) is 13.0. The highest BCUT2D eigenvalue weighted by atomic mass is 35.5. The van der Waals surface area contributed by atoms with Gasteiger partial charge in [-0.2, -0.15) is 4.74 Å². The van der Waals surface area contributed by atoms with Gasteiger partial charge in [0.05, 0.1) is 0 Å². The van der Waals surface area contributed by atoms with Crippen LogP contribution in [0.1, 0.15) is 16.7 Å². The van der Waals surface area contributed by atoms with E-state index in [-0.39, 0.29) is 0 Å². The first-order chi connectivity index (χ1) is 8.56. The minimum Gasteiger partial charge on any atom is -0.618 e. The standard InChI is InChI=1S/C15H14ClNO/c1-11-3-4-12(2)15(9-11)17(18)10-13-5-7-14(16)8-6-13/h3-10H,1-2H3. The Balaban J connectivity index is 2.38. The van der Waals surface area contributed by atoms with Crippen molar-refractivity contribution < 1.29 is 4.74 Å². The highest BCUT2D eigenvalue weighted by Crippen LogP contribution is 2.19. The summed E-state index contributed by atoms with van der Waals surface area (Å²) in [6.45, 7) is 3.90. The number of hydrogen-bond donors (Lipinski definition) is 0. The maximum absolute atomic E-state index is 12.1. The summed E-state index contributed by atoms with van der Waals surface area (Å²) in [4.78, 5) is 0. The van der Waals surface area contributed by atoms with E-state index >= 15 is 0 Å². The predicted octanol–water partition coefficient (Wildman–Crippen LogP) is 4.22. The molecule has 0 amide bonds. The normalized spacial score (nSPS) is 11.6. The van der Waals surface area contributed by atoms with E-state index in [4.69, 9.17) is 11.6 Å². The molecular weight excluding hydrogens is 246 g/mol. The van der Waals surface area contributed by atoms with Gasteiger partial charge >= 0.3 is 0 Å². The van der Waals surface area contributed by atoms with E-state index < -0.39 is 0 Å². The Hall–Kier alpha value is -1.80. The Labute approximate surface area is 112 Å². The molecule has 92 valence electrons. The van der Waals surface area contributed by atoms with Crippen molar-refractivity contribution in [2.75, 3.05) is 0 Å². The van der Waals surface area contributed by atoms with Crippen LogP contribution in [0.3, 0.4) is 0 Å². The lowest BCUT2D eigenvalue weighted by Gasteiger charge is -2.07. The second-order valence-electron chi connectivity index (χ2n) is 4.30. The molecule has 0 saturated carbocycles. The molecule has 0 saturated heterocycles. The number of hydrogen-bond acceptors (Lipinski definition) is 1. The minimum absolute atomic E-state index is 0.663. The van der Waals surface area contributed by atoms with Gasteiger partial charge in [0.25, 0.3) is 0 Å². The topological polar surface area (TPSA) is 26.1 Å². The molecule has 0 aliphatic carbocycles. The van der Waals surface area contributed by atoms with Crippen LogP contribution in [0.4, 0.5) is 5.69 Å². The number of nitrogens with zero attached hydrogens (tertiary/aromatic N) is 1. The van der Waals surface area contributed by atoms with Gasteiger partial charge in [-0.1, -0.05) is 23.7 Å². The average molecular weight is 260 g/mol. The summed E-state index contributed by atoms with van der Waals surface area (Å²) >= 11 is 5.81. The molecule has 0 heterocycles. The van der Waals surface area contributed by atoms with Gasteiger partial charge in [-0.25, -0.2) is 0 Å². The molecule has 0 unspecified atom stereocenters. The molecule has 0 aromatic heterocycles. The Kier molecular flexibility index (Phi) is 3.68. The number of benzene rings is 2. The van der Waals surface area contributed by atoms with E-state index in [1.165, 1.54) is 0 Å². The van der Waals surface area contributed by atoms with Crippen LogP contribution >= 0.6 is 11.6 Å². The highest BCUT2D eigenvalue weighted by Gasteiger charge is 2.06. The maximum Gasteiger partial charge on any atom is 0.219 e. The third kappa shape index (κ3) is 2.90. The molecule has 3 heteroatoms. The molecule has 0 fully saturated rings. The Morgan fingerprint density at radius 2 is 1.72 bits per heavy atom. The molecule has 18 heavy (non-hydrogen) atoms. The lowest BCUT2D eigenvalue weighted by molar-refractivity contribution is -0.355. The van der Waals surface area contributed by atoms with Crippen LogP contribution < -0.4 is 0 Å². The summed E-state index contributed by atoms with van der Waals surface area (Å²) in [5, 5.41) is 12.8. The zero-order chi connectivity index (χ0) is 13.1. The fourth-order valence-electron chi connectivity index (χ4n) is 1.71. The quantitative estimate of drug-likeness (QED) is 0.343. The predicted molar refractivity (Wildman–Crippen MR) is 75.8 cm³/mol. The van der Waals surface area contributed by atoms with E-state index in [0.717, 1.165) is 21.4 Å². The summed E-state index contributed by atoms with van der Waals surface area (Å²) < 4.78 is 0.894. The molecule has 2 rings (SSSR count). The van der Waals surface area contributed by atoms with Gasteiger partial charge in [-0.3, -0.25) is 0 Å². The molecule has 2 aromatic rings. The van der Waals surface area contributed by atoms with Crippen molar-refractivity contribution in [3.05, 3.63) is 69.4 Å². The summed E-state index contributed by atoms with van der Waals surface area (Å²) in [5.74, 6) is 0. The van der Waals surface area contributed by atoms with Crippen LogP contribution in [-0.2, 0) is 0 Å². The summed E-state index contributed by atoms with van der Waals surface area (Å²) in [7, 11) is 0. The molecule has 2 aromatic carbocycles. The second kappa shape index (κ2) is 5.23. The monoisotopic (exact) mass is 259 g/mol. The van der Waals surface area contributed by atoms with Gasteiger partial charge in [-0.05, 0) is 43.7 Å². The molecule has 2 nitrogen and oxygen atoms in total.